The van der Waals surface area contributed by atoms with E-state index in [1.54, 1.807) is 51.8 Å². The average Bonchev–Trinajstić information content (AvgIpc) is 3.56. The monoisotopic (exact) mass is 667 g/mol. The Labute approximate surface area is 284 Å². The van der Waals surface area contributed by atoms with Crippen LogP contribution in [0, 0.1) is 5.92 Å². The molecular formula is C36H53N5O7. The van der Waals surface area contributed by atoms with Crippen molar-refractivity contribution in [2.45, 2.75) is 88.9 Å². The van der Waals surface area contributed by atoms with Gasteiger partial charge in [-0.25, -0.2) is 0 Å². The number of aliphatic hydroxyl groups is 1. The predicted octanol–water partition coefficient (Wildman–Crippen LogP) is 2.33. The smallest absolute Gasteiger partial charge is 0.242 e. The molecule has 0 spiro atoms. The predicted molar refractivity (Wildman–Crippen MR) is 182 cm³/mol. The number of rotatable bonds is 16. The highest BCUT2D eigenvalue weighted by Crippen LogP contribution is 2.31. The van der Waals surface area contributed by atoms with Gasteiger partial charge in [0.05, 0.1) is 60.9 Å². The van der Waals surface area contributed by atoms with Crippen LogP contribution in [0.4, 0.5) is 0 Å². The Morgan fingerprint density at radius 2 is 1.58 bits per heavy atom. The molecule has 0 aromatic heterocycles. The minimum Gasteiger partial charge on any atom is -0.386 e. The van der Waals surface area contributed by atoms with E-state index >= 15 is 0 Å². The maximum Gasteiger partial charge on any atom is 0.242 e. The lowest BCUT2D eigenvalue weighted by Gasteiger charge is -2.37. The van der Waals surface area contributed by atoms with Crippen molar-refractivity contribution in [2.75, 3.05) is 34.4 Å². The number of hydrogen-bond acceptors (Lipinski definition) is 8. The quantitative estimate of drug-likeness (QED) is 0.212. The highest BCUT2D eigenvalue weighted by atomic mass is 16.5. The van der Waals surface area contributed by atoms with Gasteiger partial charge < -0.3 is 40.7 Å². The highest BCUT2D eigenvalue weighted by molar-refractivity contribution is 5.89. The van der Waals surface area contributed by atoms with Crippen LogP contribution in [0.15, 0.2) is 60.7 Å². The van der Waals surface area contributed by atoms with E-state index in [4.69, 9.17) is 15.2 Å². The molecule has 5 N–H and O–H groups in total. The third kappa shape index (κ3) is 9.85. The Morgan fingerprint density at radius 1 is 1.00 bits per heavy atom. The first-order chi connectivity index (χ1) is 22.7. The van der Waals surface area contributed by atoms with Crippen LogP contribution in [0.3, 0.4) is 0 Å². The summed E-state index contributed by atoms with van der Waals surface area (Å²) in [5, 5.41) is 16.3. The molecule has 0 radical (unpaired) electrons. The SMILES string of the molecule is COC(CC(=O)N1CCCC1C(OC)C(C)C(=O)NC(C)C(O)c1ccccc1)C(c1ccccc1)N(C)C(=O)CNC(=O)C(C)(C)N. The maximum atomic E-state index is 14.0. The number of carbonyl (C=O) groups is 4. The van der Waals surface area contributed by atoms with Crippen LogP contribution in [0.2, 0.25) is 0 Å². The third-order valence-corrected chi connectivity index (χ3v) is 9.13. The summed E-state index contributed by atoms with van der Waals surface area (Å²) in [6, 6.07) is 16.9. The third-order valence-electron chi connectivity index (χ3n) is 9.13. The molecule has 7 atom stereocenters. The summed E-state index contributed by atoms with van der Waals surface area (Å²) in [7, 11) is 4.65. The Morgan fingerprint density at radius 3 is 2.12 bits per heavy atom. The van der Waals surface area contributed by atoms with E-state index in [1.165, 1.54) is 19.1 Å². The van der Waals surface area contributed by atoms with Crippen molar-refractivity contribution in [2.24, 2.45) is 11.7 Å². The maximum absolute atomic E-state index is 14.0. The molecule has 1 fully saturated rings. The number of aliphatic hydroxyl groups excluding tert-OH is 1. The van der Waals surface area contributed by atoms with E-state index in [0.29, 0.717) is 18.5 Å². The number of nitrogens with one attached hydrogen (secondary N) is 2. The molecule has 0 aliphatic carbocycles. The van der Waals surface area contributed by atoms with Crippen LogP contribution in [0.5, 0.6) is 0 Å². The molecule has 2 aromatic rings. The fourth-order valence-electron chi connectivity index (χ4n) is 6.28. The number of nitrogens with zero attached hydrogens (tertiary/aromatic N) is 2. The van der Waals surface area contributed by atoms with Gasteiger partial charge in [-0.1, -0.05) is 67.6 Å². The number of carbonyl (C=O) groups excluding carboxylic acids is 4. The van der Waals surface area contributed by atoms with Crippen molar-refractivity contribution >= 4 is 23.6 Å². The minimum atomic E-state index is -1.15. The zero-order valence-corrected chi connectivity index (χ0v) is 29.2. The van der Waals surface area contributed by atoms with Crippen molar-refractivity contribution in [3.8, 4) is 0 Å². The fourth-order valence-corrected chi connectivity index (χ4v) is 6.28. The van der Waals surface area contributed by atoms with Crippen LogP contribution in [0.25, 0.3) is 0 Å². The summed E-state index contributed by atoms with van der Waals surface area (Å²) in [6.45, 7) is 6.84. The summed E-state index contributed by atoms with van der Waals surface area (Å²) in [5.74, 6) is -1.93. The van der Waals surface area contributed by atoms with Crippen LogP contribution < -0.4 is 16.4 Å². The van der Waals surface area contributed by atoms with Crippen molar-refractivity contribution in [3.63, 3.8) is 0 Å². The second-order valence-corrected chi connectivity index (χ2v) is 13.2. The summed E-state index contributed by atoms with van der Waals surface area (Å²) < 4.78 is 11.8. The molecule has 3 rings (SSSR count). The second kappa shape index (κ2) is 17.5. The summed E-state index contributed by atoms with van der Waals surface area (Å²) in [5.41, 5.74) is 6.19. The van der Waals surface area contributed by atoms with Crippen molar-refractivity contribution in [1.29, 1.82) is 0 Å². The van der Waals surface area contributed by atoms with E-state index in [2.05, 4.69) is 10.6 Å². The first kappa shape index (κ1) is 38.6. The number of ether oxygens (including phenoxy) is 2. The number of nitrogens with two attached hydrogens (primary N) is 1. The average molecular weight is 668 g/mol. The summed E-state index contributed by atoms with van der Waals surface area (Å²) in [6.07, 6.45) is -0.848. The normalized spacial score (nSPS) is 18.6. The molecule has 4 amide bonds. The Kier molecular flexibility index (Phi) is 14.1. The van der Waals surface area contributed by atoms with E-state index in [1.807, 2.05) is 48.5 Å². The van der Waals surface area contributed by atoms with Gasteiger partial charge in [0.1, 0.15) is 0 Å². The lowest BCUT2D eigenvalue weighted by molar-refractivity contribution is -0.145. The molecule has 0 bridgehead atoms. The number of benzene rings is 2. The van der Waals surface area contributed by atoms with Gasteiger partial charge in [0.2, 0.25) is 23.6 Å². The van der Waals surface area contributed by atoms with Crippen LogP contribution in [-0.2, 0) is 28.7 Å². The molecule has 1 aliphatic rings. The van der Waals surface area contributed by atoms with Gasteiger partial charge in [0, 0.05) is 27.8 Å². The first-order valence-electron chi connectivity index (χ1n) is 16.5. The number of likely N-dealkylation sites (N-methyl/N-ethyl adjacent to an activating group) is 1. The van der Waals surface area contributed by atoms with Crippen molar-refractivity contribution in [3.05, 3.63) is 71.8 Å². The van der Waals surface area contributed by atoms with Gasteiger partial charge >= 0.3 is 0 Å². The minimum absolute atomic E-state index is 0.0380. The lowest BCUT2D eigenvalue weighted by Crippen LogP contribution is -2.53. The molecule has 7 unspecified atom stereocenters. The van der Waals surface area contributed by atoms with Gasteiger partial charge in [-0.15, -0.1) is 0 Å². The second-order valence-electron chi connectivity index (χ2n) is 13.2. The molecular weight excluding hydrogens is 614 g/mol. The van der Waals surface area contributed by atoms with E-state index < -0.39 is 47.8 Å². The Hall–Kier alpha value is -3.84. The van der Waals surface area contributed by atoms with Crippen LogP contribution >= 0.6 is 0 Å². The van der Waals surface area contributed by atoms with E-state index in [0.717, 1.165) is 12.0 Å². The van der Waals surface area contributed by atoms with Crippen LogP contribution in [0.1, 0.15) is 70.2 Å². The Balaban J connectivity index is 1.75. The molecule has 264 valence electrons. The van der Waals surface area contributed by atoms with Gasteiger partial charge in [0.15, 0.2) is 0 Å². The largest absolute Gasteiger partial charge is 0.386 e. The van der Waals surface area contributed by atoms with Crippen LogP contribution in [-0.4, -0.2) is 103 Å². The standard InChI is InChI=1S/C36H53N5O7/c1-23(34(45)39-24(2)32(44)26-17-12-9-13-18-26)33(48-7)27-19-14-20-41(27)29(42)21-28(47-6)31(25-15-10-8-11-16-25)40(5)30(43)22-38-35(46)36(3,4)37/h8-13,15-18,23-24,27-28,31-33,44H,14,19-22,37H2,1-7H3,(H,38,46)(H,39,45). The number of amides is 4. The molecule has 1 saturated heterocycles. The van der Waals surface area contributed by atoms with Gasteiger partial charge in [-0.2, -0.15) is 0 Å². The summed E-state index contributed by atoms with van der Waals surface area (Å²) in [4.78, 5) is 56.3. The fraction of sp³-hybridized carbons (Fsp3) is 0.556. The molecule has 0 saturated carbocycles. The van der Waals surface area contributed by atoms with E-state index in [-0.39, 0.29) is 36.7 Å². The van der Waals surface area contributed by atoms with Gasteiger partial charge in [-0.3, -0.25) is 19.2 Å². The van der Waals surface area contributed by atoms with Crippen molar-refractivity contribution in [1.82, 2.24) is 20.4 Å². The molecule has 12 nitrogen and oxygen atoms in total. The van der Waals surface area contributed by atoms with E-state index in [9.17, 15) is 24.3 Å². The first-order valence-corrected chi connectivity index (χ1v) is 16.5. The Bertz CT molecular complexity index is 1350. The zero-order chi connectivity index (χ0) is 35.6. The molecule has 48 heavy (non-hydrogen) atoms. The number of likely N-dealkylation sites (tertiary alicyclic amines) is 1. The zero-order valence-electron chi connectivity index (χ0n) is 29.2. The van der Waals surface area contributed by atoms with Gasteiger partial charge in [-0.05, 0) is 44.7 Å². The highest BCUT2D eigenvalue weighted by Gasteiger charge is 2.42. The van der Waals surface area contributed by atoms with Crippen molar-refractivity contribution < 1.29 is 33.8 Å². The summed E-state index contributed by atoms with van der Waals surface area (Å²) >= 11 is 0. The lowest BCUT2D eigenvalue weighted by atomic mass is 9.93. The van der Waals surface area contributed by atoms with Gasteiger partial charge in [0.25, 0.3) is 0 Å². The molecule has 12 heteroatoms. The molecule has 1 aliphatic heterocycles. The molecule has 1 heterocycles. The number of methoxy groups -OCH3 is 2. The number of hydrogen-bond donors (Lipinski definition) is 4. The molecule has 2 aromatic carbocycles. The topological polar surface area (TPSA) is 164 Å².